The van der Waals surface area contributed by atoms with Crippen molar-refractivity contribution in [2.45, 2.75) is 63.2 Å². The van der Waals surface area contributed by atoms with E-state index in [1.54, 1.807) is 30.3 Å². The van der Waals surface area contributed by atoms with Gasteiger partial charge in [0.25, 0.3) is 5.91 Å². The molecule has 8 heteroatoms. The molecular weight excluding hydrogens is 490 g/mol. The summed E-state index contributed by atoms with van der Waals surface area (Å²) >= 11 is 6.44. The fraction of sp³-hybridized carbons (Fsp3) is 0.517. The van der Waals surface area contributed by atoms with Crippen LogP contribution >= 0.6 is 11.6 Å². The van der Waals surface area contributed by atoms with Crippen LogP contribution in [0.15, 0.2) is 42.5 Å². The number of Topliss-reactive ketones (excluding diaryl/α,β-unsaturated/α-hetero) is 1. The molecule has 1 saturated carbocycles. The van der Waals surface area contributed by atoms with E-state index in [0.29, 0.717) is 28.4 Å². The molecule has 37 heavy (non-hydrogen) atoms. The van der Waals surface area contributed by atoms with Crippen molar-refractivity contribution < 1.29 is 19.4 Å². The summed E-state index contributed by atoms with van der Waals surface area (Å²) in [5.41, 5.74) is 1.91. The number of halogens is 1. The molecule has 7 nitrogen and oxygen atoms in total. The molecule has 2 atom stereocenters. The smallest absolute Gasteiger partial charge is 0.292 e. The van der Waals surface area contributed by atoms with E-state index in [9.17, 15) is 14.7 Å². The van der Waals surface area contributed by atoms with E-state index in [2.05, 4.69) is 15.1 Å². The lowest BCUT2D eigenvalue weighted by Gasteiger charge is -2.29. The highest BCUT2D eigenvalue weighted by Gasteiger charge is 2.30. The van der Waals surface area contributed by atoms with Crippen LogP contribution in [-0.4, -0.2) is 66.6 Å². The normalized spacial score (nSPS) is 19.9. The Hall–Kier alpha value is -2.61. The molecule has 3 aliphatic rings. The molecule has 2 saturated heterocycles. The molecule has 2 aromatic carbocycles. The Bertz CT molecular complexity index is 1110. The molecule has 2 aliphatic heterocycles. The lowest BCUT2D eigenvalue weighted by molar-refractivity contribution is -0.118. The number of ether oxygens (including phenoxy) is 1. The predicted octanol–water partition coefficient (Wildman–Crippen LogP) is 4.37. The molecule has 0 radical (unpaired) electrons. The number of rotatable bonds is 10. The van der Waals surface area contributed by atoms with E-state index in [1.807, 2.05) is 12.1 Å². The number of aliphatic hydroxyl groups excluding tert-OH is 1. The summed E-state index contributed by atoms with van der Waals surface area (Å²) in [6.45, 7) is 4.17. The second-order valence-corrected chi connectivity index (χ2v) is 10.9. The molecule has 2 heterocycles. The van der Waals surface area contributed by atoms with Crippen LogP contribution in [0.5, 0.6) is 5.75 Å². The van der Waals surface area contributed by atoms with Gasteiger partial charge in [-0.3, -0.25) is 9.59 Å². The number of carbonyl (C=O) groups excluding carboxylic acids is 2. The summed E-state index contributed by atoms with van der Waals surface area (Å²) in [6.07, 6.45) is 6.90. The summed E-state index contributed by atoms with van der Waals surface area (Å²) in [5.74, 6) is -0.702. The highest BCUT2D eigenvalue weighted by molar-refractivity contribution is 6.43. The van der Waals surface area contributed by atoms with Crippen LogP contribution in [0.1, 0.15) is 67.0 Å². The van der Waals surface area contributed by atoms with Crippen molar-refractivity contribution in [3.8, 4) is 5.75 Å². The highest BCUT2D eigenvalue weighted by Crippen LogP contribution is 2.34. The van der Waals surface area contributed by atoms with Crippen LogP contribution in [0.4, 0.5) is 5.69 Å². The monoisotopic (exact) mass is 525 g/mol. The number of aliphatic hydroxyl groups is 1. The summed E-state index contributed by atoms with van der Waals surface area (Å²) in [6, 6.07) is 11.9. The Labute approximate surface area is 223 Å². The van der Waals surface area contributed by atoms with Gasteiger partial charge in [0.2, 0.25) is 5.78 Å². The first-order valence-electron chi connectivity index (χ1n) is 13.5. The fourth-order valence-corrected chi connectivity index (χ4v) is 5.46. The number of hydrogen-bond acceptors (Lipinski definition) is 6. The Kier molecular flexibility index (Phi) is 8.33. The highest BCUT2D eigenvalue weighted by atomic mass is 35.5. The van der Waals surface area contributed by atoms with Gasteiger partial charge in [-0.1, -0.05) is 29.8 Å². The maximum Gasteiger partial charge on any atom is 0.292 e. The first-order valence-corrected chi connectivity index (χ1v) is 13.9. The van der Waals surface area contributed by atoms with Gasteiger partial charge in [-0.15, -0.1) is 0 Å². The lowest BCUT2D eigenvalue weighted by atomic mass is 10.0. The molecule has 2 aromatic rings. The Morgan fingerprint density at radius 2 is 1.73 bits per heavy atom. The maximum atomic E-state index is 13.2. The van der Waals surface area contributed by atoms with Gasteiger partial charge in [0.15, 0.2) is 0 Å². The van der Waals surface area contributed by atoms with Crippen LogP contribution in [0.3, 0.4) is 0 Å². The standard InChI is InChI=1S/C29H36ClN3O4/c30-24-18-21(9-12-26(24)37-23-10-11-23)27(34)25(19-32-13-4-5-14-32)31-29(36)28(35)20-7-6-8-22(17-20)33-15-2-1-3-16-33/h6-9,12,17-18,23,25,27,34H,1-5,10-11,13-16,19H2,(H,31,36)/t25-,27-/m1/s1. The van der Waals surface area contributed by atoms with Gasteiger partial charge >= 0.3 is 0 Å². The molecular formula is C29H36ClN3O4. The topological polar surface area (TPSA) is 82.1 Å². The van der Waals surface area contributed by atoms with E-state index < -0.39 is 23.8 Å². The van der Waals surface area contributed by atoms with Gasteiger partial charge in [0.05, 0.1) is 17.2 Å². The molecule has 1 aliphatic carbocycles. The summed E-state index contributed by atoms with van der Waals surface area (Å²) in [7, 11) is 0. The first kappa shape index (κ1) is 26.0. The molecule has 5 rings (SSSR count). The van der Waals surface area contributed by atoms with Crippen molar-refractivity contribution >= 4 is 29.0 Å². The van der Waals surface area contributed by atoms with E-state index in [0.717, 1.165) is 70.4 Å². The summed E-state index contributed by atoms with van der Waals surface area (Å²) in [4.78, 5) is 30.8. The minimum atomic E-state index is -1.02. The lowest BCUT2D eigenvalue weighted by Crippen LogP contribution is -2.48. The third-order valence-corrected chi connectivity index (χ3v) is 7.80. The molecule has 1 amide bonds. The maximum absolute atomic E-state index is 13.2. The number of amides is 1. The van der Waals surface area contributed by atoms with E-state index in [-0.39, 0.29) is 6.10 Å². The predicted molar refractivity (Wildman–Crippen MR) is 145 cm³/mol. The average Bonchev–Trinajstić information content (AvgIpc) is 3.60. The number of benzene rings is 2. The molecule has 0 spiro atoms. The third-order valence-electron chi connectivity index (χ3n) is 7.50. The Morgan fingerprint density at radius 3 is 2.43 bits per heavy atom. The number of hydrogen-bond donors (Lipinski definition) is 2. The summed E-state index contributed by atoms with van der Waals surface area (Å²) in [5, 5.41) is 14.6. The van der Waals surface area contributed by atoms with Gasteiger partial charge in [0.1, 0.15) is 11.9 Å². The van der Waals surface area contributed by atoms with Crippen LogP contribution < -0.4 is 15.0 Å². The number of carbonyl (C=O) groups is 2. The van der Waals surface area contributed by atoms with Crippen LogP contribution in [0.25, 0.3) is 0 Å². The SMILES string of the molecule is O=C(N[C@H](CN1CCCC1)[C@H](O)c1ccc(OC2CC2)c(Cl)c1)C(=O)c1cccc(N2CCCCC2)c1. The van der Waals surface area contributed by atoms with Crippen molar-refractivity contribution in [1.29, 1.82) is 0 Å². The number of nitrogens with zero attached hydrogens (tertiary/aromatic N) is 2. The molecule has 198 valence electrons. The van der Waals surface area contributed by atoms with Crippen LogP contribution in [-0.2, 0) is 4.79 Å². The number of ketones is 1. The van der Waals surface area contributed by atoms with Crippen molar-refractivity contribution in [2.75, 3.05) is 37.6 Å². The van der Waals surface area contributed by atoms with E-state index >= 15 is 0 Å². The average molecular weight is 526 g/mol. The zero-order valence-electron chi connectivity index (χ0n) is 21.2. The second kappa shape index (κ2) is 11.8. The number of nitrogens with one attached hydrogen (secondary N) is 1. The number of likely N-dealkylation sites (tertiary alicyclic amines) is 1. The van der Waals surface area contributed by atoms with Crippen molar-refractivity contribution in [3.63, 3.8) is 0 Å². The zero-order chi connectivity index (χ0) is 25.8. The van der Waals surface area contributed by atoms with Crippen molar-refractivity contribution in [1.82, 2.24) is 10.2 Å². The van der Waals surface area contributed by atoms with E-state index in [4.69, 9.17) is 16.3 Å². The Morgan fingerprint density at radius 1 is 1.00 bits per heavy atom. The van der Waals surface area contributed by atoms with Crippen LogP contribution in [0, 0.1) is 0 Å². The molecule has 0 unspecified atom stereocenters. The van der Waals surface area contributed by atoms with Crippen molar-refractivity contribution in [2.24, 2.45) is 0 Å². The largest absolute Gasteiger partial charge is 0.489 e. The minimum Gasteiger partial charge on any atom is -0.489 e. The molecule has 3 fully saturated rings. The second-order valence-electron chi connectivity index (χ2n) is 10.5. The zero-order valence-corrected chi connectivity index (χ0v) is 22.0. The summed E-state index contributed by atoms with van der Waals surface area (Å²) < 4.78 is 5.82. The van der Waals surface area contributed by atoms with Gasteiger partial charge in [-0.05, 0) is 87.9 Å². The van der Waals surface area contributed by atoms with Gasteiger partial charge < -0.3 is 25.0 Å². The van der Waals surface area contributed by atoms with Gasteiger partial charge in [0, 0.05) is 30.9 Å². The van der Waals surface area contributed by atoms with Gasteiger partial charge in [-0.25, -0.2) is 0 Å². The van der Waals surface area contributed by atoms with Gasteiger partial charge in [-0.2, -0.15) is 0 Å². The first-order chi connectivity index (χ1) is 18.0. The molecule has 2 N–H and O–H groups in total. The number of anilines is 1. The van der Waals surface area contributed by atoms with E-state index in [1.165, 1.54) is 6.42 Å². The number of piperidine rings is 1. The fourth-order valence-electron chi connectivity index (χ4n) is 5.22. The third kappa shape index (κ3) is 6.64. The quantitative estimate of drug-likeness (QED) is 0.354. The van der Waals surface area contributed by atoms with Crippen molar-refractivity contribution in [3.05, 3.63) is 58.6 Å². The minimum absolute atomic E-state index is 0.218. The Balaban J connectivity index is 1.30. The molecule has 0 aromatic heterocycles. The molecule has 0 bridgehead atoms. The van der Waals surface area contributed by atoms with Crippen LogP contribution in [0.2, 0.25) is 5.02 Å².